The van der Waals surface area contributed by atoms with Crippen LogP contribution in [0.1, 0.15) is 31.2 Å². The molecule has 0 unspecified atom stereocenters. The van der Waals surface area contributed by atoms with Crippen LogP contribution in [0.4, 0.5) is 10.1 Å². The van der Waals surface area contributed by atoms with Crippen LogP contribution in [-0.4, -0.2) is 74.4 Å². The maximum absolute atomic E-state index is 14.8. The number of hydrogen-bond acceptors (Lipinski definition) is 6. The van der Waals surface area contributed by atoms with Crippen molar-refractivity contribution in [3.05, 3.63) is 89.9 Å². The molecule has 186 valence electrons. The average Bonchev–Trinajstić information content (AvgIpc) is 3.39. The highest BCUT2D eigenvalue weighted by Crippen LogP contribution is 2.25. The molecule has 37 heavy (non-hydrogen) atoms. The van der Waals surface area contributed by atoms with Crippen LogP contribution >= 0.6 is 0 Å². The smallest absolute Gasteiger partial charge is 0.295 e. The number of aromatic nitrogens is 3. The van der Waals surface area contributed by atoms with Crippen LogP contribution in [0.3, 0.4) is 0 Å². The molecule has 0 saturated carbocycles. The molecule has 5 rings (SSSR count). The minimum Gasteiger partial charge on any atom is -0.358 e. The van der Waals surface area contributed by atoms with E-state index >= 15 is 0 Å². The normalized spacial score (nSPS) is 13.4. The zero-order chi connectivity index (χ0) is 25.9. The van der Waals surface area contributed by atoms with Crippen LogP contribution in [0.2, 0.25) is 0 Å². The fraction of sp³-hybridized carbons (Fsp3) is 0.154. The number of amides is 3. The number of Topliss-reactive ketones (excluding diaryl/α,β-unsaturated/α-hetero) is 1. The number of nitrogens with zero attached hydrogens (tertiary/aromatic N) is 4. The number of carbonyl (C=O) groups is 4. The fourth-order valence-corrected chi connectivity index (χ4v) is 4.22. The van der Waals surface area contributed by atoms with Gasteiger partial charge in [-0.25, -0.2) is 9.37 Å². The Morgan fingerprint density at radius 3 is 2.35 bits per heavy atom. The first-order valence-electron chi connectivity index (χ1n) is 11.5. The molecule has 1 aromatic carbocycles. The van der Waals surface area contributed by atoms with Gasteiger partial charge in [0.25, 0.3) is 23.5 Å². The van der Waals surface area contributed by atoms with Crippen molar-refractivity contribution in [1.29, 1.82) is 0 Å². The van der Waals surface area contributed by atoms with Gasteiger partial charge in [-0.15, -0.1) is 0 Å². The second-order valence-electron chi connectivity index (χ2n) is 8.38. The number of ketones is 1. The number of aromatic amines is 1. The van der Waals surface area contributed by atoms with Crippen molar-refractivity contribution in [2.24, 2.45) is 0 Å². The molecule has 1 fully saturated rings. The number of benzene rings is 1. The summed E-state index contributed by atoms with van der Waals surface area (Å²) < 4.78 is 14.8. The number of pyridine rings is 2. The molecule has 1 aliphatic heterocycles. The molecular formula is C26H21FN6O4. The number of rotatable bonds is 5. The Balaban J connectivity index is 1.32. The second-order valence-corrected chi connectivity index (χ2v) is 8.38. The van der Waals surface area contributed by atoms with Crippen molar-refractivity contribution < 1.29 is 23.6 Å². The zero-order valence-electron chi connectivity index (χ0n) is 19.5. The molecule has 1 saturated heterocycles. The highest BCUT2D eigenvalue weighted by atomic mass is 19.1. The Hall–Kier alpha value is -4.93. The van der Waals surface area contributed by atoms with E-state index in [-0.39, 0.29) is 54.2 Å². The van der Waals surface area contributed by atoms with Gasteiger partial charge >= 0.3 is 0 Å². The molecule has 1 aliphatic rings. The van der Waals surface area contributed by atoms with Gasteiger partial charge < -0.3 is 20.1 Å². The van der Waals surface area contributed by atoms with Gasteiger partial charge in [0.1, 0.15) is 0 Å². The lowest BCUT2D eigenvalue weighted by atomic mass is 10.1. The van der Waals surface area contributed by atoms with E-state index in [1.807, 2.05) is 6.07 Å². The van der Waals surface area contributed by atoms with Gasteiger partial charge in [0, 0.05) is 44.1 Å². The predicted molar refractivity (Wildman–Crippen MR) is 131 cm³/mol. The summed E-state index contributed by atoms with van der Waals surface area (Å²) in [5.74, 6) is -3.36. The number of H-pyrrole nitrogens is 1. The summed E-state index contributed by atoms with van der Waals surface area (Å²) in [6, 6.07) is 12.1. The number of fused-ring (bicyclic) bond motifs is 1. The van der Waals surface area contributed by atoms with Gasteiger partial charge in [-0.05, 0) is 24.3 Å². The maximum atomic E-state index is 14.8. The molecule has 3 aromatic heterocycles. The summed E-state index contributed by atoms with van der Waals surface area (Å²) in [7, 11) is 0. The van der Waals surface area contributed by atoms with Crippen LogP contribution in [0.15, 0.2) is 67.3 Å². The number of nitrogens with one attached hydrogen (secondary N) is 2. The first kappa shape index (κ1) is 23.8. The van der Waals surface area contributed by atoms with Crippen LogP contribution < -0.4 is 5.32 Å². The Morgan fingerprint density at radius 2 is 1.65 bits per heavy atom. The third-order valence-corrected chi connectivity index (χ3v) is 6.11. The number of piperazine rings is 1. The van der Waals surface area contributed by atoms with Gasteiger partial charge in [-0.2, -0.15) is 0 Å². The molecule has 4 aromatic rings. The summed E-state index contributed by atoms with van der Waals surface area (Å²) in [6.07, 6.45) is 5.02. The Bertz CT molecular complexity index is 1500. The van der Waals surface area contributed by atoms with Crippen molar-refractivity contribution in [1.82, 2.24) is 24.8 Å². The van der Waals surface area contributed by atoms with Crippen LogP contribution in [0.25, 0.3) is 10.9 Å². The van der Waals surface area contributed by atoms with E-state index in [4.69, 9.17) is 0 Å². The van der Waals surface area contributed by atoms with Crippen molar-refractivity contribution in [2.45, 2.75) is 0 Å². The SMILES string of the molecule is O=C(Nc1cccnc1)c1ncc(F)c2c(C(=O)C(=O)N3CCN(C(=O)c4ccccc4)CC3)c[nH]c12. The molecular weight excluding hydrogens is 479 g/mol. The molecule has 4 heterocycles. The van der Waals surface area contributed by atoms with E-state index in [1.54, 1.807) is 47.5 Å². The van der Waals surface area contributed by atoms with Crippen molar-refractivity contribution >= 4 is 40.1 Å². The average molecular weight is 500 g/mol. The van der Waals surface area contributed by atoms with Crippen LogP contribution in [-0.2, 0) is 4.79 Å². The minimum atomic E-state index is -0.919. The van der Waals surface area contributed by atoms with Gasteiger partial charge in [-0.3, -0.25) is 24.2 Å². The number of carbonyl (C=O) groups excluding carboxylic acids is 4. The van der Waals surface area contributed by atoms with Crippen molar-refractivity contribution in [3.63, 3.8) is 0 Å². The molecule has 0 bridgehead atoms. The Labute approximate surface area is 210 Å². The van der Waals surface area contributed by atoms with Gasteiger partial charge in [0.2, 0.25) is 0 Å². The first-order chi connectivity index (χ1) is 17.9. The van der Waals surface area contributed by atoms with Gasteiger partial charge in [0.15, 0.2) is 11.5 Å². The number of anilines is 1. The second kappa shape index (κ2) is 9.97. The molecule has 0 radical (unpaired) electrons. The fourth-order valence-electron chi connectivity index (χ4n) is 4.22. The summed E-state index contributed by atoms with van der Waals surface area (Å²) in [6.45, 7) is 0.845. The topological polar surface area (TPSA) is 128 Å². The third kappa shape index (κ3) is 4.66. The largest absolute Gasteiger partial charge is 0.358 e. The maximum Gasteiger partial charge on any atom is 0.295 e. The minimum absolute atomic E-state index is 0.00387. The Kier molecular flexibility index (Phi) is 6.42. The molecule has 11 heteroatoms. The quantitative estimate of drug-likeness (QED) is 0.320. The lowest BCUT2D eigenvalue weighted by Crippen LogP contribution is -2.52. The molecule has 3 amide bonds. The van der Waals surface area contributed by atoms with E-state index in [9.17, 15) is 23.6 Å². The van der Waals surface area contributed by atoms with Gasteiger partial charge in [-0.1, -0.05) is 18.2 Å². The molecule has 10 nitrogen and oxygen atoms in total. The Morgan fingerprint density at radius 1 is 0.919 bits per heavy atom. The van der Waals surface area contributed by atoms with E-state index in [0.29, 0.717) is 11.3 Å². The van der Waals surface area contributed by atoms with Crippen molar-refractivity contribution in [2.75, 3.05) is 31.5 Å². The predicted octanol–water partition coefficient (Wildman–Crippen LogP) is 2.52. The molecule has 0 aliphatic carbocycles. The molecule has 0 atom stereocenters. The van der Waals surface area contributed by atoms with Crippen LogP contribution in [0.5, 0.6) is 0 Å². The highest BCUT2D eigenvalue weighted by molar-refractivity contribution is 6.45. The zero-order valence-corrected chi connectivity index (χ0v) is 19.5. The van der Waals surface area contributed by atoms with Crippen LogP contribution in [0, 0.1) is 5.82 Å². The van der Waals surface area contributed by atoms with E-state index in [0.717, 1.165) is 6.20 Å². The van der Waals surface area contributed by atoms with E-state index < -0.39 is 23.4 Å². The van der Waals surface area contributed by atoms with Gasteiger partial charge in [0.05, 0.1) is 34.5 Å². The molecule has 2 N–H and O–H groups in total. The van der Waals surface area contributed by atoms with E-state index in [2.05, 4.69) is 20.3 Å². The molecule has 0 spiro atoms. The van der Waals surface area contributed by atoms with E-state index in [1.165, 1.54) is 17.3 Å². The lowest BCUT2D eigenvalue weighted by Gasteiger charge is -2.34. The highest BCUT2D eigenvalue weighted by Gasteiger charge is 2.31. The monoisotopic (exact) mass is 500 g/mol. The van der Waals surface area contributed by atoms with Crippen molar-refractivity contribution in [3.8, 4) is 0 Å². The number of hydrogen-bond donors (Lipinski definition) is 2. The number of halogens is 1. The third-order valence-electron chi connectivity index (χ3n) is 6.11. The standard InChI is InChI=1S/C26H21FN6O4/c27-19-15-30-22(24(35)31-17-7-4-8-28-13-17)21-20(19)18(14-29-21)23(34)26(37)33-11-9-32(10-12-33)25(36)16-5-2-1-3-6-16/h1-8,13-15,29H,9-12H2,(H,31,35). The first-order valence-corrected chi connectivity index (χ1v) is 11.5. The lowest BCUT2D eigenvalue weighted by molar-refractivity contribution is -0.127. The summed E-state index contributed by atoms with van der Waals surface area (Å²) in [4.78, 5) is 65.0. The summed E-state index contributed by atoms with van der Waals surface area (Å²) in [5.41, 5.74) is 0.619. The summed E-state index contributed by atoms with van der Waals surface area (Å²) >= 11 is 0. The summed E-state index contributed by atoms with van der Waals surface area (Å²) in [5, 5.41) is 2.42.